The largest absolute Gasteiger partial charge is 0.349 e. The monoisotopic (exact) mass is 284 g/mol. The summed E-state index contributed by atoms with van der Waals surface area (Å²) >= 11 is 0. The summed E-state index contributed by atoms with van der Waals surface area (Å²) in [5.41, 5.74) is 1.83. The molecular formula is C16H20N4O. The Hall–Kier alpha value is -1.88. The Balaban J connectivity index is 1.50. The van der Waals surface area contributed by atoms with Gasteiger partial charge in [-0.2, -0.15) is 5.10 Å². The molecule has 5 nitrogen and oxygen atoms in total. The molecule has 2 fully saturated rings. The quantitative estimate of drug-likeness (QED) is 0.883. The SMILES string of the molecule is O=C(NC1CCNC2(CCC2)C1)c1cnn2ccccc12. The highest BCUT2D eigenvalue weighted by molar-refractivity contribution is 6.00. The molecule has 2 aromatic heterocycles. The molecule has 4 rings (SSSR count). The molecule has 110 valence electrons. The maximum atomic E-state index is 12.5. The predicted octanol–water partition coefficient (Wildman–Crippen LogP) is 1.74. The van der Waals surface area contributed by atoms with Gasteiger partial charge in [-0.05, 0) is 50.8 Å². The van der Waals surface area contributed by atoms with Crippen LogP contribution in [0.2, 0.25) is 0 Å². The number of carbonyl (C=O) groups is 1. The summed E-state index contributed by atoms with van der Waals surface area (Å²) in [6.45, 7) is 1.000. The first-order valence-corrected chi connectivity index (χ1v) is 7.74. The lowest BCUT2D eigenvalue weighted by atomic mass is 9.70. The lowest BCUT2D eigenvalue weighted by Crippen LogP contribution is -2.59. The summed E-state index contributed by atoms with van der Waals surface area (Å²) in [5, 5.41) is 11.1. The van der Waals surface area contributed by atoms with E-state index < -0.39 is 0 Å². The maximum Gasteiger partial charge on any atom is 0.255 e. The van der Waals surface area contributed by atoms with Crippen molar-refractivity contribution in [1.82, 2.24) is 20.2 Å². The Morgan fingerprint density at radius 2 is 2.33 bits per heavy atom. The summed E-state index contributed by atoms with van der Waals surface area (Å²) in [4.78, 5) is 12.5. The molecule has 1 saturated heterocycles. The van der Waals surface area contributed by atoms with Crippen molar-refractivity contribution in [2.45, 2.75) is 43.7 Å². The Bertz CT molecular complexity index is 674. The smallest absolute Gasteiger partial charge is 0.255 e. The van der Waals surface area contributed by atoms with E-state index in [2.05, 4.69) is 15.7 Å². The first-order valence-electron chi connectivity index (χ1n) is 7.74. The van der Waals surface area contributed by atoms with Crippen molar-refractivity contribution in [2.75, 3.05) is 6.54 Å². The molecular weight excluding hydrogens is 264 g/mol. The van der Waals surface area contributed by atoms with Gasteiger partial charge in [0.05, 0.1) is 17.3 Å². The van der Waals surface area contributed by atoms with Gasteiger partial charge in [0, 0.05) is 17.8 Å². The molecule has 0 bridgehead atoms. The Labute approximate surface area is 123 Å². The zero-order valence-corrected chi connectivity index (χ0v) is 12.0. The second-order valence-electron chi connectivity index (χ2n) is 6.31. The number of rotatable bonds is 2. The third kappa shape index (κ3) is 2.21. The Morgan fingerprint density at radius 1 is 1.43 bits per heavy atom. The molecule has 1 unspecified atom stereocenters. The van der Waals surface area contributed by atoms with Crippen molar-refractivity contribution < 1.29 is 4.79 Å². The van der Waals surface area contributed by atoms with Gasteiger partial charge in [-0.3, -0.25) is 4.79 Å². The number of hydrogen-bond acceptors (Lipinski definition) is 3. The minimum Gasteiger partial charge on any atom is -0.349 e. The molecule has 0 aromatic carbocycles. The predicted molar refractivity (Wildman–Crippen MR) is 80.3 cm³/mol. The minimum atomic E-state index is -0.00225. The van der Waals surface area contributed by atoms with E-state index in [1.807, 2.05) is 24.4 Å². The first kappa shape index (κ1) is 12.8. The lowest BCUT2D eigenvalue weighted by Gasteiger charge is -2.48. The molecule has 0 radical (unpaired) electrons. The van der Waals surface area contributed by atoms with Crippen LogP contribution in [-0.2, 0) is 0 Å². The molecule has 2 aromatic rings. The van der Waals surface area contributed by atoms with Crippen molar-refractivity contribution in [3.05, 3.63) is 36.2 Å². The van der Waals surface area contributed by atoms with Gasteiger partial charge in [0.1, 0.15) is 0 Å². The minimum absolute atomic E-state index is 0.00225. The fourth-order valence-electron chi connectivity index (χ4n) is 3.64. The second-order valence-corrected chi connectivity index (χ2v) is 6.31. The average molecular weight is 284 g/mol. The van der Waals surface area contributed by atoms with E-state index in [1.54, 1.807) is 10.7 Å². The fraction of sp³-hybridized carbons (Fsp3) is 0.500. The van der Waals surface area contributed by atoms with Gasteiger partial charge in [-0.15, -0.1) is 0 Å². The summed E-state index contributed by atoms with van der Waals surface area (Å²) in [6, 6.07) is 6.05. The number of carbonyl (C=O) groups excluding carboxylic acids is 1. The average Bonchev–Trinajstić information content (AvgIpc) is 2.90. The van der Waals surface area contributed by atoms with E-state index in [9.17, 15) is 4.79 Å². The highest BCUT2D eigenvalue weighted by Crippen LogP contribution is 2.38. The molecule has 21 heavy (non-hydrogen) atoms. The number of hydrogen-bond donors (Lipinski definition) is 2. The van der Waals surface area contributed by atoms with Crippen LogP contribution in [0.4, 0.5) is 0 Å². The molecule has 1 aliphatic carbocycles. The van der Waals surface area contributed by atoms with E-state index in [4.69, 9.17) is 0 Å². The van der Waals surface area contributed by atoms with Gasteiger partial charge in [-0.25, -0.2) is 4.52 Å². The van der Waals surface area contributed by atoms with Crippen LogP contribution in [0.1, 0.15) is 42.5 Å². The second kappa shape index (κ2) is 4.84. The summed E-state index contributed by atoms with van der Waals surface area (Å²) < 4.78 is 1.74. The fourth-order valence-corrected chi connectivity index (χ4v) is 3.64. The van der Waals surface area contributed by atoms with Crippen molar-refractivity contribution in [1.29, 1.82) is 0 Å². The van der Waals surface area contributed by atoms with E-state index in [-0.39, 0.29) is 11.9 Å². The highest BCUT2D eigenvalue weighted by Gasteiger charge is 2.41. The summed E-state index contributed by atoms with van der Waals surface area (Å²) in [5.74, 6) is -0.00225. The third-order valence-electron chi connectivity index (χ3n) is 4.95. The van der Waals surface area contributed by atoms with Gasteiger partial charge >= 0.3 is 0 Å². The summed E-state index contributed by atoms with van der Waals surface area (Å²) in [6.07, 6.45) is 9.38. The van der Waals surface area contributed by atoms with Gasteiger partial charge < -0.3 is 10.6 Å². The molecule has 1 aliphatic heterocycles. The van der Waals surface area contributed by atoms with Gasteiger partial charge in [0.15, 0.2) is 0 Å². The maximum absolute atomic E-state index is 12.5. The number of aromatic nitrogens is 2. The number of piperidine rings is 1. The van der Waals surface area contributed by atoms with Crippen LogP contribution >= 0.6 is 0 Å². The zero-order chi connectivity index (χ0) is 14.3. The molecule has 2 aliphatic rings. The molecule has 1 amide bonds. The van der Waals surface area contributed by atoms with Crippen molar-refractivity contribution >= 4 is 11.4 Å². The standard InChI is InChI=1S/C16H20N4O/c21-15(13-11-18-20-9-2-1-4-14(13)20)19-12-5-8-17-16(10-12)6-3-7-16/h1-2,4,9,11-12,17H,3,5-8,10H2,(H,19,21). The van der Waals surface area contributed by atoms with Gasteiger partial charge in [0.2, 0.25) is 0 Å². The molecule has 1 saturated carbocycles. The zero-order valence-electron chi connectivity index (χ0n) is 12.0. The van der Waals surface area contributed by atoms with Crippen LogP contribution in [0, 0.1) is 0 Å². The van der Waals surface area contributed by atoms with Crippen LogP contribution in [0.15, 0.2) is 30.6 Å². The first-order chi connectivity index (χ1) is 10.3. The number of fused-ring (bicyclic) bond motifs is 1. The molecule has 2 N–H and O–H groups in total. The van der Waals surface area contributed by atoms with Crippen LogP contribution in [0.25, 0.3) is 5.52 Å². The van der Waals surface area contributed by atoms with Crippen LogP contribution in [0.3, 0.4) is 0 Å². The Kier molecular flexibility index (Phi) is 2.96. The van der Waals surface area contributed by atoms with Crippen LogP contribution in [-0.4, -0.2) is 33.6 Å². The van der Waals surface area contributed by atoms with E-state index >= 15 is 0 Å². The molecule has 1 spiro atoms. The lowest BCUT2D eigenvalue weighted by molar-refractivity contribution is 0.0854. The summed E-state index contributed by atoms with van der Waals surface area (Å²) in [7, 11) is 0. The van der Waals surface area contributed by atoms with Gasteiger partial charge in [-0.1, -0.05) is 6.07 Å². The highest BCUT2D eigenvalue weighted by atomic mass is 16.1. The number of nitrogens with zero attached hydrogens (tertiary/aromatic N) is 2. The van der Waals surface area contributed by atoms with Crippen LogP contribution in [0.5, 0.6) is 0 Å². The normalized spacial score (nSPS) is 23.9. The van der Waals surface area contributed by atoms with Gasteiger partial charge in [0.25, 0.3) is 5.91 Å². The third-order valence-corrected chi connectivity index (χ3v) is 4.95. The van der Waals surface area contributed by atoms with Crippen molar-refractivity contribution in [3.8, 4) is 0 Å². The number of nitrogens with one attached hydrogen (secondary N) is 2. The van der Waals surface area contributed by atoms with E-state index in [1.165, 1.54) is 19.3 Å². The number of amides is 1. The number of pyridine rings is 1. The van der Waals surface area contributed by atoms with E-state index in [0.717, 1.165) is 24.9 Å². The molecule has 5 heteroatoms. The van der Waals surface area contributed by atoms with Crippen molar-refractivity contribution in [3.63, 3.8) is 0 Å². The molecule has 1 atom stereocenters. The molecule has 3 heterocycles. The topological polar surface area (TPSA) is 58.4 Å². The Morgan fingerprint density at radius 3 is 3.14 bits per heavy atom. The van der Waals surface area contributed by atoms with Crippen LogP contribution < -0.4 is 10.6 Å². The van der Waals surface area contributed by atoms with Crippen molar-refractivity contribution in [2.24, 2.45) is 0 Å². The van der Waals surface area contributed by atoms with E-state index in [0.29, 0.717) is 11.1 Å².